The summed E-state index contributed by atoms with van der Waals surface area (Å²) in [6.45, 7) is 8.09. The molecule has 1 spiro atoms. The number of hydrogen-bond donors (Lipinski definition) is 2. The molecule has 10 heteroatoms. The number of carboxylic acid groups (broad SMARTS) is 1. The number of urea groups is 1. The summed E-state index contributed by atoms with van der Waals surface area (Å²) in [6, 6.07) is -0.152. The summed E-state index contributed by atoms with van der Waals surface area (Å²) < 4.78 is 11.1. The van der Waals surface area contributed by atoms with Crippen molar-refractivity contribution in [1.29, 1.82) is 0 Å². The van der Waals surface area contributed by atoms with E-state index < -0.39 is 0 Å². The molecular weight excluding hydrogens is 390 g/mol. The molecule has 1 unspecified atom stereocenters. The third-order valence-corrected chi connectivity index (χ3v) is 5.48. The van der Waals surface area contributed by atoms with Crippen molar-refractivity contribution in [1.82, 2.24) is 25.3 Å². The van der Waals surface area contributed by atoms with Gasteiger partial charge in [0.1, 0.15) is 0 Å². The van der Waals surface area contributed by atoms with Crippen molar-refractivity contribution in [2.45, 2.75) is 57.8 Å². The second-order valence-corrected chi connectivity index (χ2v) is 8.04. The first-order valence-corrected chi connectivity index (χ1v) is 10.2. The van der Waals surface area contributed by atoms with Gasteiger partial charge in [-0.3, -0.25) is 9.69 Å². The molecule has 168 valence electrons. The highest BCUT2D eigenvalue weighted by atomic mass is 16.5. The summed E-state index contributed by atoms with van der Waals surface area (Å²) in [5.41, 5.74) is 1.38. The van der Waals surface area contributed by atoms with Crippen LogP contribution >= 0.6 is 0 Å². The zero-order valence-corrected chi connectivity index (χ0v) is 18.0. The van der Waals surface area contributed by atoms with Gasteiger partial charge in [-0.05, 0) is 39.5 Å². The molecule has 2 aliphatic heterocycles. The fraction of sp³-hybridized carbons (Fsp3) is 0.700. The van der Waals surface area contributed by atoms with Crippen molar-refractivity contribution < 1.29 is 24.0 Å². The lowest BCUT2D eigenvalue weighted by molar-refractivity contribution is -0.122. The first-order chi connectivity index (χ1) is 14.4. The van der Waals surface area contributed by atoms with Crippen LogP contribution in [0.2, 0.25) is 0 Å². The van der Waals surface area contributed by atoms with Crippen molar-refractivity contribution in [2.24, 2.45) is 0 Å². The summed E-state index contributed by atoms with van der Waals surface area (Å²) in [4.78, 5) is 28.5. The second-order valence-electron chi connectivity index (χ2n) is 8.04. The van der Waals surface area contributed by atoms with Gasteiger partial charge in [0, 0.05) is 33.2 Å². The van der Waals surface area contributed by atoms with Crippen LogP contribution in [0.3, 0.4) is 0 Å². The summed E-state index contributed by atoms with van der Waals surface area (Å²) in [5.74, 6) is 0.489. The van der Waals surface area contributed by atoms with Crippen LogP contribution in [0, 0.1) is 0 Å². The number of piperidine rings is 1. The zero-order valence-electron chi connectivity index (χ0n) is 18.0. The van der Waals surface area contributed by atoms with Crippen LogP contribution in [0.15, 0.2) is 22.6 Å². The Morgan fingerprint density at radius 3 is 2.70 bits per heavy atom. The van der Waals surface area contributed by atoms with Crippen LogP contribution in [-0.4, -0.2) is 82.5 Å². The quantitative estimate of drug-likeness (QED) is 0.526. The van der Waals surface area contributed by atoms with E-state index in [4.69, 9.17) is 14.6 Å². The molecule has 0 radical (unpaired) electrons. The van der Waals surface area contributed by atoms with E-state index >= 15 is 0 Å². The number of nitrogens with one attached hydrogen (secondary N) is 1. The standard InChI is InChI=1S/C19H31N5O3.CH2O2/c1-15(2)5-9-24-10-7-19(8-11-24)6-4-16(27-19)12-20-18(25)23(3)13-17-21-14-26-22-17;2-1-3/h5,14,16H,4,6-13H2,1-3H3,(H,20,25);1H,(H,2,3). The Morgan fingerprint density at radius 1 is 1.40 bits per heavy atom. The molecule has 2 amide bonds. The number of rotatable bonds is 6. The van der Waals surface area contributed by atoms with Gasteiger partial charge in [0.25, 0.3) is 6.47 Å². The number of hydrogen-bond acceptors (Lipinski definition) is 7. The lowest BCUT2D eigenvalue weighted by atomic mass is 9.88. The minimum Gasteiger partial charge on any atom is -0.483 e. The largest absolute Gasteiger partial charge is 0.483 e. The number of allylic oxidation sites excluding steroid dienone is 1. The van der Waals surface area contributed by atoms with Gasteiger partial charge in [-0.25, -0.2) is 4.79 Å². The van der Waals surface area contributed by atoms with Gasteiger partial charge in [-0.2, -0.15) is 4.98 Å². The summed E-state index contributed by atoms with van der Waals surface area (Å²) in [5, 5.41) is 13.6. The highest BCUT2D eigenvalue weighted by molar-refractivity contribution is 5.73. The first kappa shape index (κ1) is 23.8. The molecule has 2 saturated heterocycles. The van der Waals surface area contributed by atoms with Crippen LogP contribution in [0.25, 0.3) is 0 Å². The molecule has 0 bridgehead atoms. The average Bonchev–Trinajstić information content (AvgIpc) is 3.36. The van der Waals surface area contributed by atoms with E-state index in [0.29, 0.717) is 18.9 Å². The monoisotopic (exact) mass is 423 g/mol. The number of likely N-dealkylation sites (tertiary alicyclic amines) is 1. The van der Waals surface area contributed by atoms with Gasteiger partial charge in [-0.15, -0.1) is 0 Å². The molecule has 2 aliphatic rings. The number of carbonyl (C=O) groups excluding carboxylic acids is 1. The Kier molecular flexibility index (Phi) is 9.25. The summed E-state index contributed by atoms with van der Waals surface area (Å²) >= 11 is 0. The SMILES string of the molecule is CC(C)=CCN1CCC2(CCC(CNC(=O)N(C)Cc3ncon3)O2)CC1.O=CO. The van der Waals surface area contributed by atoms with Gasteiger partial charge >= 0.3 is 6.03 Å². The molecule has 2 N–H and O–H groups in total. The maximum atomic E-state index is 12.2. The summed E-state index contributed by atoms with van der Waals surface area (Å²) in [7, 11) is 1.71. The average molecular weight is 424 g/mol. The molecule has 0 aromatic carbocycles. The maximum absolute atomic E-state index is 12.2. The predicted molar refractivity (Wildman–Crippen MR) is 110 cm³/mol. The molecule has 1 aromatic heterocycles. The molecule has 1 aromatic rings. The minimum atomic E-state index is -0.250. The Labute approximate surface area is 177 Å². The fourth-order valence-corrected chi connectivity index (χ4v) is 3.74. The van der Waals surface area contributed by atoms with Gasteiger partial charge < -0.3 is 24.6 Å². The van der Waals surface area contributed by atoms with E-state index in [2.05, 4.69) is 44.8 Å². The third kappa shape index (κ3) is 7.42. The normalized spacial score (nSPS) is 20.2. The molecule has 0 aliphatic carbocycles. The fourth-order valence-electron chi connectivity index (χ4n) is 3.74. The third-order valence-electron chi connectivity index (χ3n) is 5.48. The molecular formula is C20H33N5O5. The molecule has 30 heavy (non-hydrogen) atoms. The lowest BCUT2D eigenvalue weighted by Gasteiger charge is -2.39. The van der Waals surface area contributed by atoms with Crippen molar-refractivity contribution in [3.05, 3.63) is 23.9 Å². The van der Waals surface area contributed by atoms with Crippen molar-refractivity contribution >= 4 is 12.5 Å². The molecule has 1 atom stereocenters. The van der Waals surface area contributed by atoms with Crippen LogP contribution in [-0.2, 0) is 16.1 Å². The maximum Gasteiger partial charge on any atom is 0.317 e. The van der Waals surface area contributed by atoms with E-state index in [1.54, 1.807) is 7.05 Å². The minimum absolute atomic E-state index is 0.00734. The Bertz CT molecular complexity index is 682. The number of aromatic nitrogens is 2. The molecule has 3 rings (SSSR count). The second kappa shape index (κ2) is 11.7. The van der Waals surface area contributed by atoms with Crippen molar-refractivity contribution in [3.8, 4) is 0 Å². The highest BCUT2D eigenvalue weighted by Crippen LogP contribution is 2.38. The van der Waals surface area contributed by atoms with E-state index in [0.717, 1.165) is 45.3 Å². The smallest absolute Gasteiger partial charge is 0.317 e. The molecule has 3 heterocycles. The van der Waals surface area contributed by atoms with E-state index in [1.165, 1.54) is 16.9 Å². The summed E-state index contributed by atoms with van der Waals surface area (Å²) in [6.07, 6.45) is 7.88. The Balaban J connectivity index is 0.00000101. The predicted octanol–water partition coefficient (Wildman–Crippen LogP) is 1.89. The first-order valence-electron chi connectivity index (χ1n) is 10.2. The van der Waals surface area contributed by atoms with Crippen LogP contribution in [0.1, 0.15) is 45.4 Å². The van der Waals surface area contributed by atoms with Gasteiger partial charge in [-0.1, -0.05) is 16.8 Å². The van der Waals surface area contributed by atoms with Crippen molar-refractivity contribution in [2.75, 3.05) is 33.2 Å². The highest BCUT2D eigenvalue weighted by Gasteiger charge is 2.42. The Morgan fingerprint density at radius 2 is 2.10 bits per heavy atom. The van der Waals surface area contributed by atoms with E-state index in [1.807, 2.05) is 0 Å². The number of nitrogens with zero attached hydrogens (tertiary/aromatic N) is 4. The van der Waals surface area contributed by atoms with Gasteiger partial charge in [0.2, 0.25) is 6.39 Å². The van der Waals surface area contributed by atoms with Crippen molar-refractivity contribution in [3.63, 3.8) is 0 Å². The zero-order chi connectivity index (χ0) is 22.0. The van der Waals surface area contributed by atoms with Crippen LogP contribution in [0.4, 0.5) is 4.79 Å². The molecule has 2 fully saturated rings. The number of ether oxygens (including phenoxy) is 1. The molecule has 10 nitrogen and oxygen atoms in total. The van der Waals surface area contributed by atoms with Gasteiger partial charge in [0.05, 0.1) is 18.2 Å². The van der Waals surface area contributed by atoms with E-state index in [-0.39, 0.29) is 24.2 Å². The number of carbonyl (C=O) groups is 2. The number of amides is 2. The molecule has 0 saturated carbocycles. The van der Waals surface area contributed by atoms with Crippen LogP contribution < -0.4 is 5.32 Å². The van der Waals surface area contributed by atoms with Gasteiger partial charge in [0.15, 0.2) is 5.82 Å². The topological polar surface area (TPSA) is 121 Å². The lowest BCUT2D eigenvalue weighted by Crippen LogP contribution is -2.45. The van der Waals surface area contributed by atoms with Crippen LogP contribution in [0.5, 0.6) is 0 Å². The Hall–Kier alpha value is -2.46. The van der Waals surface area contributed by atoms with E-state index in [9.17, 15) is 4.79 Å².